The van der Waals surface area contributed by atoms with Crippen LogP contribution in [0.15, 0.2) is 24.3 Å². The average molecular weight is 357 g/mol. The summed E-state index contributed by atoms with van der Waals surface area (Å²) in [5.74, 6) is 3.60. The van der Waals surface area contributed by atoms with Gasteiger partial charge < -0.3 is 19.1 Å². The molecule has 2 heterocycles. The quantitative estimate of drug-likeness (QED) is 0.758. The van der Waals surface area contributed by atoms with Gasteiger partial charge in [0.15, 0.2) is 11.5 Å². The van der Waals surface area contributed by atoms with E-state index in [-0.39, 0.29) is 0 Å². The van der Waals surface area contributed by atoms with E-state index >= 15 is 0 Å². The summed E-state index contributed by atoms with van der Waals surface area (Å²) in [5.41, 5.74) is 2.14. The van der Waals surface area contributed by atoms with Crippen LogP contribution in [0, 0.1) is 6.92 Å². The first-order valence-corrected chi connectivity index (χ1v) is 9.04. The Morgan fingerprint density at radius 3 is 2.73 bits per heavy atom. The molecule has 1 aromatic heterocycles. The number of methoxy groups -OCH3 is 2. The normalized spacial score (nSPS) is 16.5. The molecule has 140 valence electrons. The van der Waals surface area contributed by atoms with Gasteiger partial charge >= 0.3 is 0 Å². The van der Waals surface area contributed by atoms with Gasteiger partial charge in [-0.1, -0.05) is 12.1 Å². The third-order valence-corrected chi connectivity index (χ3v) is 4.74. The van der Waals surface area contributed by atoms with E-state index in [0.717, 1.165) is 60.6 Å². The van der Waals surface area contributed by atoms with Gasteiger partial charge in [-0.3, -0.25) is 0 Å². The van der Waals surface area contributed by atoms with Gasteiger partial charge in [0.05, 0.1) is 26.5 Å². The number of para-hydroxylation sites is 1. The molecule has 26 heavy (non-hydrogen) atoms. The van der Waals surface area contributed by atoms with Crippen molar-refractivity contribution in [3.8, 4) is 11.5 Å². The van der Waals surface area contributed by atoms with Crippen molar-refractivity contribution >= 4 is 5.82 Å². The second kappa shape index (κ2) is 8.36. The molecule has 0 N–H and O–H groups in total. The van der Waals surface area contributed by atoms with Crippen LogP contribution >= 0.6 is 0 Å². The molecule has 3 rings (SSSR count). The first-order valence-electron chi connectivity index (χ1n) is 9.04. The summed E-state index contributed by atoms with van der Waals surface area (Å²) in [5, 5.41) is 0. The van der Waals surface area contributed by atoms with Crippen molar-refractivity contribution in [2.24, 2.45) is 0 Å². The number of anilines is 1. The van der Waals surface area contributed by atoms with E-state index in [0.29, 0.717) is 12.5 Å². The lowest BCUT2D eigenvalue weighted by Crippen LogP contribution is -2.24. The molecule has 6 heteroatoms. The SMILES string of the molecule is CCN(Cc1cccc(OC)c1OC)c1cc([C@H]2CCOC2)nc(C)n1. The van der Waals surface area contributed by atoms with Crippen LogP contribution in [0.5, 0.6) is 11.5 Å². The van der Waals surface area contributed by atoms with Crippen molar-refractivity contribution in [3.05, 3.63) is 41.3 Å². The minimum absolute atomic E-state index is 0.362. The molecule has 1 saturated heterocycles. The molecule has 0 aliphatic carbocycles. The Labute approximate surface area is 155 Å². The van der Waals surface area contributed by atoms with E-state index < -0.39 is 0 Å². The number of benzene rings is 1. The van der Waals surface area contributed by atoms with Gasteiger partial charge in [-0.25, -0.2) is 9.97 Å². The second-order valence-electron chi connectivity index (χ2n) is 6.43. The monoisotopic (exact) mass is 357 g/mol. The highest BCUT2D eigenvalue weighted by molar-refractivity contribution is 5.50. The summed E-state index contributed by atoms with van der Waals surface area (Å²) >= 11 is 0. The smallest absolute Gasteiger partial charge is 0.165 e. The molecule has 0 radical (unpaired) electrons. The maximum Gasteiger partial charge on any atom is 0.165 e. The molecule has 1 aliphatic heterocycles. The molecule has 0 unspecified atom stereocenters. The fraction of sp³-hybridized carbons (Fsp3) is 0.500. The van der Waals surface area contributed by atoms with Crippen LogP contribution in [0.1, 0.15) is 36.3 Å². The lowest BCUT2D eigenvalue weighted by atomic mass is 10.0. The number of aromatic nitrogens is 2. The van der Waals surface area contributed by atoms with Crippen LogP contribution in [-0.4, -0.2) is 43.9 Å². The first-order chi connectivity index (χ1) is 12.7. The van der Waals surface area contributed by atoms with E-state index in [1.54, 1.807) is 14.2 Å². The summed E-state index contributed by atoms with van der Waals surface area (Å²) in [7, 11) is 3.33. The van der Waals surface area contributed by atoms with Gasteiger partial charge in [-0.15, -0.1) is 0 Å². The molecule has 1 atom stereocenters. The molecule has 1 aromatic carbocycles. The van der Waals surface area contributed by atoms with Gasteiger partial charge in [-0.05, 0) is 26.3 Å². The van der Waals surface area contributed by atoms with Crippen LogP contribution in [0.2, 0.25) is 0 Å². The van der Waals surface area contributed by atoms with Crippen LogP contribution in [0.25, 0.3) is 0 Å². The maximum absolute atomic E-state index is 5.58. The van der Waals surface area contributed by atoms with Gasteiger partial charge in [0.2, 0.25) is 0 Å². The summed E-state index contributed by atoms with van der Waals surface area (Å²) in [6.45, 7) is 7.14. The number of hydrogen-bond donors (Lipinski definition) is 0. The Balaban J connectivity index is 1.90. The highest BCUT2D eigenvalue weighted by Crippen LogP contribution is 2.33. The highest BCUT2D eigenvalue weighted by Gasteiger charge is 2.22. The molecule has 1 fully saturated rings. The van der Waals surface area contributed by atoms with Crippen LogP contribution in [0.4, 0.5) is 5.82 Å². The van der Waals surface area contributed by atoms with Crippen LogP contribution < -0.4 is 14.4 Å². The Morgan fingerprint density at radius 2 is 2.08 bits per heavy atom. The van der Waals surface area contributed by atoms with Crippen molar-refractivity contribution in [2.45, 2.75) is 32.7 Å². The Bertz CT molecular complexity index is 745. The fourth-order valence-electron chi connectivity index (χ4n) is 3.35. The van der Waals surface area contributed by atoms with Gasteiger partial charge in [0.25, 0.3) is 0 Å². The van der Waals surface area contributed by atoms with Crippen LogP contribution in [-0.2, 0) is 11.3 Å². The number of nitrogens with zero attached hydrogens (tertiary/aromatic N) is 3. The fourth-order valence-corrected chi connectivity index (χ4v) is 3.35. The number of hydrogen-bond acceptors (Lipinski definition) is 6. The predicted molar refractivity (Wildman–Crippen MR) is 101 cm³/mol. The standard InChI is InChI=1S/C20H27N3O3/c1-5-23(12-15-7-6-8-18(24-3)20(15)25-4)19-11-17(21-14(2)22-19)16-9-10-26-13-16/h6-8,11,16H,5,9-10,12-13H2,1-4H3/t16-/m0/s1. The van der Waals surface area contributed by atoms with E-state index in [1.165, 1.54) is 0 Å². The molecule has 1 aliphatic rings. The summed E-state index contributed by atoms with van der Waals surface area (Å²) in [6, 6.07) is 8.05. The van der Waals surface area contributed by atoms with Crippen molar-refractivity contribution in [1.29, 1.82) is 0 Å². The topological polar surface area (TPSA) is 56.7 Å². The van der Waals surface area contributed by atoms with Crippen molar-refractivity contribution in [1.82, 2.24) is 9.97 Å². The summed E-state index contributed by atoms with van der Waals surface area (Å²) < 4.78 is 16.5. The predicted octanol–water partition coefficient (Wildman–Crippen LogP) is 3.33. The van der Waals surface area contributed by atoms with Gasteiger partial charge in [-0.2, -0.15) is 0 Å². The Hall–Kier alpha value is -2.34. The highest BCUT2D eigenvalue weighted by atomic mass is 16.5. The summed E-state index contributed by atoms with van der Waals surface area (Å²) in [6.07, 6.45) is 1.02. The molecule has 0 bridgehead atoms. The molecular formula is C20H27N3O3. The Morgan fingerprint density at radius 1 is 1.23 bits per heavy atom. The summed E-state index contributed by atoms with van der Waals surface area (Å²) in [4.78, 5) is 11.5. The van der Waals surface area contributed by atoms with Crippen LogP contribution in [0.3, 0.4) is 0 Å². The average Bonchev–Trinajstić information content (AvgIpc) is 3.20. The van der Waals surface area contributed by atoms with E-state index in [4.69, 9.17) is 14.2 Å². The number of aryl methyl sites for hydroxylation is 1. The lowest BCUT2D eigenvalue weighted by Gasteiger charge is -2.25. The maximum atomic E-state index is 5.58. The van der Waals surface area contributed by atoms with Gasteiger partial charge in [0.1, 0.15) is 11.6 Å². The number of ether oxygens (including phenoxy) is 3. The largest absolute Gasteiger partial charge is 0.493 e. The molecule has 0 amide bonds. The zero-order chi connectivity index (χ0) is 18.5. The molecule has 6 nitrogen and oxygen atoms in total. The molecule has 0 saturated carbocycles. The van der Waals surface area contributed by atoms with Gasteiger partial charge in [0, 0.05) is 37.2 Å². The first kappa shape index (κ1) is 18.5. The Kier molecular flexibility index (Phi) is 5.93. The van der Waals surface area contributed by atoms with Crippen molar-refractivity contribution in [2.75, 3.05) is 38.9 Å². The minimum Gasteiger partial charge on any atom is -0.493 e. The van der Waals surface area contributed by atoms with Crippen molar-refractivity contribution < 1.29 is 14.2 Å². The zero-order valence-electron chi connectivity index (χ0n) is 16.0. The van der Waals surface area contributed by atoms with E-state index in [9.17, 15) is 0 Å². The zero-order valence-corrected chi connectivity index (χ0v) is 16.0. The second-order valence-corrected chi connectivity index (χ2v) is 6.43. The molecular weight excluding hydrogens is 330 g/mol. The lowest BCUT2D eigenvalue weighted by molar-refractivity contribution is 0.193. The minimum atomic E-state index is 0.362. The third kappa shape index (κ3) is 3.90. The van der Waals surface area contributed by atoms with E-state index in [1.807, 2.05) is 19.1 Å². The molecule has 0 spiro atoms. The third-order valence-electron chi connectivity index (χ3n) is 4.74. The van der Waals surface area contributed by atoms with Crippen molar-refractivity contribution in [3.63, 3.8) is 0 Å². The van der Waals surface area contributed by atoms with E-state index in [2.05, 4.69) is 33.9 Å². The molecule has 2 aromatic rings. The number of rotatable bonds is 7.